The fourth-order valence-corrected chi connectivity index (χ4v) is 3.43. The second-order valence-electron chi connectivity index (χ2n) is 5.20. The van der Waals surface area contributed by atoms with Gasteiger partial charge in [-0.1, -0.05) is 23.8 Å². The van der Waals surface area contributed by atoms with E-state index >= 15 is 0 Å². The molecule has 0 bridgehead atoms. The van der Waals surface area contributed by atoms with Crippen molar-refractivity contribution < 1.29 is 23.1 Å². The van der Waals surface area contributed by atoms with Crippen LogP contribution < -0.4 is 5.32 Å². The maximum absolute atomic E-state index is 13.1. The van der Waals surface area contributed by atoms with Gasteiger partial charge in [0.25, 0.3) is 0 Å². The van der Waals surface area contributed by atoms with Gasteiger partial charge in [0, 0.05) is 22.4 Å². The van der Waals surface area contributed by atoms with E-state index in [9.17, 15) is 23.1 Å². The Morgan fingerprint density at radius 3 is 2.71 bits per heavy atom. The topological polar surface area (TPSA) is 49.3 Å². The maximum Gasteiger partial charge on any atom is 0.418 e. The number of halogens is 4. The Morgan fingerprint density at radius 1 is 1.38 bits per heavy atom. The third-order valence-electron chi connectivity index (χ3n) is 4.04. The zero-order valence-corrected chi connectivity index (χ0v) is 11.4. The van der Waals surface area contributed by atoms with Crippen LogP contribution in [0, 0.1) is 5.92 Å². The molecule has 3 rings (SSSR count). The van der Waals surface area contributed by atoms with Crippen LogP contribution in [0.25, 0.3) is 0 Å². The Bertz CT molecular complexity index is 642. The minimum absolute atomic E-state index is 0.213. The first kappa shape index (κ1) is 14.3. The Kier molecular flexibility index (Phi) is 3.16. The summed E-state index contributed by atoms with van der Waals surface area (Å²) in [5.41, 5.74) is -0.759. The lowest BCUT2D eigenvalue weighted by atomic mass is 9.78. The van der Waals surface area contributed by atoms with Gasteiger partial charge in [0.2, 0.25) is 0 Å². The minimum Gasteiger partial charge on any atom is -0.480 e. The van der Waals surface area contributed by atoms with Crippen molar-refractivity contribution in [2.75, 3.05) is 5.32 Å². The second-order valence-corrected chi connectivity index (χ2v) is 5.60. The molecule has 112 valence electrons. The van der Waals surface area contributed by atoms with Crippen LogP contribution in [0.1, 0.15) is 23.5 Å². The lowest BCUT2D eigenvalue weighted by molar-refractivity contribution is -0.140. The molecule has 0 saturated carbocycles. The first-order valence-electron chi connectivity index (χ1n) is 6.36. The summed E-state index contributed by atoms with van der Waals surface area (Å²) < 4.78 is 39.4. The molecule has 1 aliphatic carbocycles. The number of carboxylic acids is 1. The van der Waals surface area contributed by atoms with Crippen LogP contribution in [0.2, 0.25) is 5.02 Å². The van der Waals surface area contributed by atoms with Crippen LogP contribution in [0.4, 0.5) is 18.9 Å². The average Bonchev–Trinajstić information content (AvgIpc) is 2.84. The van der Waals surface area contributed by atoms with Crippen molar-refractivity contribution in [2.24, 2.45) is 5.92 Å². The van der Waals surface area contributed by atoms with E-state index in [4.69, 9.17) is 11.6 Å². The third kappa shape index (κ3) is 2.18. The summed E-state index contributed by atoms with van der Waals surface area (Å²) in [5, 5.41) is 12.0. The molecule has 0 aromatic heterocycles. The van der Waals surface area contributed by atoms with Crippen molar-refractivity contribution in [2.45, 2.75) is 24.6 Å². The summed E-state index contributed by atoms with van der Waals surface area (Å²) in [4.78, 5) is 11.3. The lowest BCUT2D eigenvalue weighted by Crippen LogP contribution is -2.42. The summed E-state index contributed by atoms with van der Waals surface area (Å²) in [7, 11) is 0. The van der Waals surface area contributed by atoms with E-state index in [1.54, 1.807) is 12.2 Å². The van der Waals surface area contributed by atoms with Crippen LogP contribution in [0.15, 0.2) is 24.3 Å². The quantitative estimate of drug-likeness (QED) is 0.772. The average molecular weight is 318 g/mol. The van der Waals surface area contributed by atoms with Crippen molar-refractivity contribution >= 4 is 23.3 Å². The molecule has 2 aliphatic rings. The molecule has 0 radical (unpaired) electrons. The molecule has 0 unspecified atom stereocenters. The number of carboxylic acid groups (broad SMARTS) is 1. The Morgan fingerprint density at radius 2 is 2.10 bits per heavy atom. The standard InChI is InChI=1S/C14H11ClF3NO2/c15-9-5-4-8(14(16,17)18)12-10(9)6-2-1-3-7(6)11(19-12)13(20)21/h1-2,4-7,11,19H,3H2,(H,20,21)/t6-,7-,11+/m1/s1. The van der Waals surface area contributed by atoms with Crippen molar-refractivity contribution in [1.29, 1.82) is 0 Å². The predicted octanol–water partition coefficient (Wildman–Crippen LogP) is 3.90. The van der Waals surface area contributed by atoms with Gasteiger partial charge in [-0.05, 0) is 18.6 Å². The van der Waals surface area contributed by atoms with Crippen LogP contribution in [0.3, 0.4) is 0 Å². The molecule has 1 aliphatic heterocycles. The normalized spacial score (nSPS) is 27.0. The number of aliphatic carboxylic acids is 1. The molecule has 0 amide bonds. The van der Waals surface area contributed by atoms with Crippen LogP contribution >= 0.6 is 11.6 Å². The summed E-state index contributed by atoms with van der Waals surface area (Å²) in [6, 6.07) is 1.04. The van der Waals surface area contributed by atoms with Crippen molar-refractivity contribution in [3.8, 4) is 0 Å². The van der Waals surface area contributed by atoms with Crippen LogP contribution in [-0.4, -0.2) is 17.1 Å². The molecule has 3 atom stereocenters. The van der Waals surface area contributed by atoms with E-state index in [2.05, 4.69) is 5.32 Å². The van der Waals surface area contributed by atoms with Crippen molar-refractivity contribution in [3.63, 3.8) is 0 Å². The number of anilines is 1. The SMILES string of the molecule is O=C(O)[C@H]1Nc2c(C(F)(F)F)ccc(Cl)c2[C@@H]2C=CC[C@@H]12. The van der Waals surface area contributed by atoms with Gasteiger partial charge >= 0.3 is 12.1 Å². The highest BCUT2D eigenvalue weighted by molar-refractivity contribution is 6.32. The summed E-state index contributed by atoms with van der Waals surface area (Å²) in [5.74, 6) is -1.89. The monoisotopic (exact) mass is 317 g/mol. The van der Waals surface area contributed by atoms with Crippen molar-refractivity contribution in [3.05, 3.63) is 40.4 Å². The Balaban J connectivity index is 2.22. The first-order chi connectivity index (χ1) is 9.80. The van der Waals surface area contributed by atoms with Crippen LogP contribution in [-0.2, 0) is 11.0 Å². The van der Waals surface area contributed by atoms with Gasteiger partial charge in [0.15, 0.2) is 0 Å². The van der Waals surface area contributed by atoms with Gasteiger partial charge in [0.05, 0.1) is 11.3 Å². The van der Waals surface area contributed by atoms with Gasteiger partial charge in [0.1, 0.15) is 6.04 Å². The number of hydrogen-bond donors (Lipinski definition) is 2. The van der Waals surface area contributed by atoms with Crippen molar-refractivity contribution in [1.82, 2.24) is 0 Å². The van der Waals surface area contributed by atoms with Gasteiger partial charge in [-0.2, -0.15) is 13.2 Å². The molecule has 21 heavy (non-hydrogen) atoms. The molecule has 2 N–H and O–H groups in total. The highest BCUT2D eigenvalue weighted by Crippen LogP contribution is 2.51. The summed E-state index contributed by atoms with van der Waals surface area (Å²) in [6.07, 6.45) is -0.536. The van der Waals surface area contributed by atoms with Crippen LogP contribution in [0.5, 0.6) is 0 Å². The fourth-order valence-electron chi connectivity index (χ4n) is 3.14. The number of carbonyl (C=O) groups is 1. The lowest BCUT2D eigenvalue weighted by Gasteiger charge is -2.36. The molecule has 7 heteroatoms. The van der Waals surface area contributed by atoms with E-state index < -0.39 is 29.7 Å². The largest absolute Gasteiger partial charge is 0.480 e. The van der Waals surface area contributed by atoms with E-state index in [-0.39, 0.29) is 16.6 Å². The molecule has 1 aromatic carbocycles. The zero-order chi connectivity index (χ0) is 15.4. The molecule has 1 heterocycles. The molecule has 1 aromatic rings. The number of allylic oxidation sites excluding steroid dienone is 2. The first-order valence-corrected chi connectivity index (χ1v) is 6.74. The summed E-state index contributed by atoms with van der Waals surface area (Å²) in [6.45, 7) is 0. The smallest absolute Gasteiger partial charge is 0.418 e. The van der Waals surface area contributed by atoms with E-state index in [0.29, 0.717) is 12.0 Å². The number of benzene rings is 1. The second kappa shape index (κ2) is 4.66. The van der Waals surface area contributed by atoms with Gasteiger partial charge in [-0.3, -0.25) is 0 Å². The number of fused-ring (bicyclic) bond motifs is 3. The van der Waals surface area contributed by atoms with Gasteiger partial charge in [-0.15, -0.1) is 0 Å². The molecular formula is C14H11ClF3NO2. The zero-order valence-electron chi connectivity index (χ0n) is 10.6. The van der Waals surface area contributed by atoms with E-state index in [0.717, 1.165) is 6.07 Å². The minimum atomic E-state index is -4.57. The fraction of sp³-hybridized carbons (Fsp3) is 0.357. The Hall–Kier alpha value is -1.69. The van der Waals surface area contributed by atoms with E-state index in [1.165, 1.54) is 6.07 Å². The third-order valence-corrected chi connectivity index (χ3v) is 4.37. The number of nitrogens with one attached hydrogen (secondary N) is 1. The molecule has 0 fully saturated rings. The Labute approximate surface area is 123 Å². The molecular weight excluding hydrogens is 307 g/mol. The highest BCUT2D eigenvalue weighted by atomic mass is 35.5. The number of hydrogen-bond acceptors (Lipinski definition) is 2. The molecule has 0 saturated heterocycles. The molecule has 0 spiro atoms. The number of rotatable bonds is 1. The van der Waals surface area contributed by atoms with E-state index in [1.807, 2.05) is 0 Å². The molecule has 3 nitrogen and oxygen atoms in total. The van der Waals surface area contributed by atoms with Gasteiger partial charge < -0.3 is 10.4 Å². The number of alkyl halides is 3. The maximum atomic E-state index is 13.1. The highest BCUT2D eigenvalue weighted by Gasteiger charge is 2.45. The van der Waals surface area contributed by atoms with Gasteiger partial charge in [-0.25, -0.2) is 4.79 Å². The summed E-state index contributed by atoms with van der Waals surface area (Å²) >= 11 is 6.07. The predicted molar refractivity (Wildman–Crippen MR) is 71.5 cm³/mol.